The molecule has 0 saturated heterocycles. The summed E-state index contributed by atoms with van der Waals surface area (Å²) >= 11 is 0. The summed E-state index contributed by atoms with van der Waals surface area (Å²) in [4.78, 5) is 10.4. The van der Waals surface area contributed by atoms with Crippen molar-refractivity contribution >= 4 is 5.97 Å². The van der Waals surface area contributed by atoms with Gasteiger partial charge in [-0.15, -0.1) is 0 Å². The van der Waals surface area contributed by atoms with Crippen molar-refractivity contribution in [3.8, 4) is 0 Å². The maximum atomic E-state index is 11.7. The first-order valence-corrected chi connectivity index (χ1v) is 25.8. The van der Waals surface area contributed by atoms with Gasteiger partial charge in [0, 0.05) is 11.8 Å². The third kappa shape index (κ3) is 12.0. The topological polar surface area (TPSA) is 98.0 Å². The number of hydrogen-bond donors (Lipinski definition) is 4. The molecule has 0 aromatic heterocycles. The van der Waals surface area contributed by atoms with Gasteiger partial charge >= 0.3 is 5.97 Å². The fourth-order valence-corrected chi connectivity index (χ4v) is 14.4. The van der Waals surface area contributed by atoms with E-state index in [1.807, 2.05) is 0 Å². The second kappa shape index (κ2) is 22.6. The lowest BCUT2D eigenvalue weighted by Gasteiger charge is -2.72. The summed E-state index contributed by atoms with van der Waals surface area (Å²) in [6.07, 6.45) is 40.4. The van der Waals surface area contributed by atoms with E-state index in [0.29, 0.717) is 18.3 Å². The molecule has 5 nitrogen and oxygen atoms in total. The number of carboxylic acids is 1. The second-order valence-electron chi connectivity index (χ2n) is 23.4. The predicted octanol–water partition coefficient (Wildman–Crippen LogP) is 14.8. The van der Waals surface area contributed by atoms with Gasteiger partial charge in [0.25, 0.3) is 0 Å². The lowest BCUT2D eigenvalue weighted by Crippen LogP contribution is -2.67. The van der Waals surface area contributed by atoms with Crippen LogP contribution < -0.4 is 0 Å². The number of hydrogen-bond acceptors (Lipinski definition) is 4. The van der Waals surface area contributed by atoms with Crippen molar-refractivity contribution in [3.05, 3.63) is 11.6 Å². The zero-order chi connectivity index (χ0) is 43.4. The van der Waals surface area contributed by atoms with Crippen molar-refractivity contribution in [2.45, 2.75) is 267 Å². The summed E-state index contributed by atoms with van der Waals surface area (Å²) in [5, 5.41) is 41.8. The molecule has 0 bridgehead atoms. The minimum atomic E-state index is -0.650. The molecule has 344 valence electrons. The molecule has 0 aromatic rings. The summed E-state index contributed by atoms with van der Waals surface area (Å²) in [6, 6.07) is 0. The number of unbranched alkanes of at least 4 members (excludes halogenated alkanes) is 20. The van der Waals surface area contributed by atoms with E-state index >= 15 is 0 Å². The fraction of sp³-hybridized carbons (Fsp3) is 0.944. The van der Waals surface area contributed by atoms with E-state index in [1.165, 1.54) is 135 Å². The maximum Gasteiger partial charge on any atom is 0.303 e. The first-order valence-electron chi connectivity index (χ1n) is 25.8. The third-order valence-corrected chi connectivity index (χ3v) is 18.6. The zero-order valence-corrected chi connectivity index (χ0v) is 40.3. The molecule has 0 aromatic carbocycles. The SMILES string of the molecule is CC1(C)CC[C@]2(CO)[C@@H](O)C[C@]3(C)C(=CC[C@@H]4[C@@]5(C)CC[C@H](O)C(C)(C)[C@@H]5CC[C@]43C)[C@@H]2C1.CCCCCCCCCCCCCCCCCCCCCCCC(=O)O. The molecule has 5 aliphatic carbocycles. The Hall–Kier alpha value is -0.910. The highest BCUT2D eigenvalue weighted by Crippen LogP contribution is 2.75. The number of carbonyl (C=O) groups is 1. The van der Waals surface area contributed by atoms with E-state index < -0.39 is 12.1 Å². The molecule has 59 heavy (non-hydrogen) atoms. The number of rotatable bonds is 23. The maximum absolute atomic E-state index is 11.7. The third-order valence-electron chi connectivity index (χ3n) is 18.6. The van der Waals surface area contributed by atoms with Crippen molar-refractivity contribution in [2.75, 3.05) is 6.61 Å². The van der Waals surface area contributed by atoms with Gasteiger partial charge in [0.2, 0.25) is 0 Å². The van der Waals surface area contributed by atoms with Crippen LogP contribution >= 0.6 is 0 Å². The Balaban J connectivity index is 0.000000270. The smallest absolute Gasteiger partial charge is 0.303 e. The van der Waals surface area contributed by atoms with Crippen molar-refractivity contribution in [3.63, 3.8) is 0 Å². The van der Waals surface area contributed by atoms with Crippen LogP contribution in [-0.2, 0) is 4.79 Å². The van der Waals surface area contributed by atoms with E-state index in [4.69, 9.17) is 5.11 Å². The molecule has 0 spiro atoms. The van der Waals surface area contributed by atoms with E-state index in [9.17, 15) is 20.1 Å². The first-order chi connectivity index (χ1) is 27.9. The van der Waals surface area contributed by atoms with Crippen molar-refractivity contribution in [1.82, 2.24) is 0 Å². The number of allylic oxidation sites excluding steroid dienone is 2. The molecule has 0 aliphatic heterocycles. The van der Waals surface area contributed by atoms with Crippen LogP contribution in [0.5, 0.6) is 0 Å². The summed E-state index contributed by atoms with van der Waals surface area (Å²) in [5.41, 5.74) is 1.78. The van der Waals surface area contributed by atoms with Gasteiger partial charge in [0.05, 0.1) is 18.8 Å². The molecule has 4 fully saturated rings. The van der Waals surface area contributed by atoms with Gasteiger partial charge in [0.1, 0.15) is 0 Å². The van der Waals surface area contributed by atoms with Crippen molar-refractivity contribution < 1.29 is 25.2 Å². The zero-order valence-electron chi connectivity index (χ0n) is 40.3. The highest BCUT2D eigenvalue weighted by Gasteiger charge is 2.69. The Morgan fingerprint density at radius 3 is 1.58 bits per heavy atom. The average Bonchev–Trinajstić information content (AvgIpc) is 3.17. The van der Waals surface area contributed by atoms with Crippen molar-refractivity contribution in [1.29, 1.82) is 0 Å². The van der Waals surface area contributed by atoms with E-state index in [-0.39, 0.29) is 51.1 Å². The molecule has 0 heterocycles. The van der Waals surface area contributed by atoms with Crippen LogP contribution in [0.3, 0.4) is 0 Å². The highest BCUT2D eigenvalue weighted by molar-refractivity contribution is 5.66. The molecular weight excluding hydrogens is 729 g/mol. The number of carboxylic acid groups (broad SMARTS) is 1. The Morgan fingerprint density at radius 1 is 0.610 bits per heavy atom. The lowest BCUT2D eigenvalue weighted by molar-refractivity contribution is -0.218. The molecule has 5 rings (SSSR count). The standard InChI is InChI=1S/C30H50O3.C24H48O2/c1-25(2)14-15-30(18-31)20(16-25)19-8-9-22-27(5)12-11-23(32)26(3,4)21(27)10-13-28(22,6)29(19,7)17-24(30)33;1-2-3-4-5-6-7-8-9-10-11-12-13-14-15-16-17-18-19-20-21-22-23-24(25)26/h8,20-24,31-33H,9-18H2,1-7H3;2-23H2,1H3,(H,25,26)/t20-,21-,22+,23-,24-,27-,28+,29+,30+;/m0./s1. The van der Waals surface area contributed by atoms with Gasteiger partial charge in [-0.2, -0.15) is 0 Å². The van der Waals surface area contributed by atoms with Gasteiger partial charge in [0.15, 0.2) is 0 Å². The van der Waals surface area contributed by atoms with Gasteiger partial charge in [-0.3, -0.25) is 4.79 Å². The number of aliphatic hydroxyl groups excluding tert-OH is 3. The van der Waals surface area contributed by atoms with E-state index in [2.05, 4.69) is 61.5 Å². The Labute approximate surface area is 365 Å². The largest absolute Gasteiger partial charge is 0.481 e. The minimum absolute atomic E-state index is 0.0275. The molecule has 4 N–H and O–H groups in total. The molecular formula is C54H98O5. The molecule has 5 aliphatic rings. The Kier molecular flexibility index (Phi) is 19.5. The minimum Gasteiger partial charge on any atom is -0.481 e. The lowest BCUT2D eigenvalue weighted by atomic mass is 9.33. The van der Waals surface area contributed by atoms with Crippen LogP contribution in [0.15, 0.2) is 11.6 Å². The number of aliphatic carboxylic acids is 1. The predicted molar refractivity (Wildman–Crippen MR) is 248 cm³/mol. The molecule has 4 saturated carbocycles. The van der Waals surface area contributed by atoms with Gasteiger partial charge in [-0.1, -0.05) is 195 Å². The molecule has 9 atom stereocenters. The van der Waals surface area contributed by atoms with Crippen molar-refractivity contribution in [2.24, 2.45) is 50.2 Å². The van der Waals surface area contributed by atoms with Crippen LogP contribution in [0.2, 0.25) is 0 Å². The van der Waals surface area contributed by atoms with Crippen LogP contribution in [0.1, 0.15) is 254 Å². The summed E-state index contributed by atoms with van der Waals surface area (Å²) in [7, 11) is 0. The van der Waals surface area contributed by atoms with Crippen LogP contribution in [0.4, 0.5) is 0 Å². The summed E-state index contributed by atoms with van der Waals surface area (Å²) in [6.45, 7) is 19.3. The summed E-state index contributed by atoms with van der Waals surface area (Å²) in [5.74, 6) is 0.759. The Bertz CT molecular complexity index is 1290. The summed E-state index contributed by atoms with van der Waals surface area (Å²) < 4.78 is 0. The van der Waals surface area contributed by atoms with Gasteiger partial charge < -0.3 is 20.4 Å². The highest BCUT2D eigenvalue weighted by atomic mass is 16.4. The molecule has 0 radical (unpaired) electrons. The van der Waals surface area contributed by atoms with Crippen LogP contribution in [0, 0.1) is 50.2 Å². The van der Waals surface area contributed by atoms with E-state index in [1.54, 1.807) is 5.57 Å². The van der Waals surface area contributed by atoms with Gasteiger partial charge in [-0.05, 0) is 109 Å². The monoisotopic (exact) mass is 827 g/mol. The second-order valence-corrected chi connectivity index (χ2v) is 23.4. The molecule has 0 amide bonds. The van der Waals surface area contributed by atoms with Gasteiger partial charge in [-0.25, -0.2) is 0 Å². The van der Waals surface area contributed by atoms with Crippen LogP contribution in [0.25, 0.3) is 0 Å². The Morgan fingerprint density at radius 2 is 1.10 bits per heavy atom. The average molecular weight is 827 g/mol. The molecule has 5 heteroatoms. The first kappa shape index (κ1) is 50.7. The van der Waals surface area contributed by atoms with Crippen LogP contribution in [-0.4, -0.2) is 45.2 Å². The van der Waals surface area contributed by atoms with E-state index in [0.717, 1.165) is 57.8 Å². The number of aliphatic hydroxyl groups is 3. The fourth-order valence-electron chi connectivity index (χ4n) is 14.4. The molecule has 0 unspecified atom stereocenters. The number of fused-ring (bicyclic) bond motifs is 7. The quantitative estimate of drug-likeness (QED) is 0.0608. The normalized spacial score (nSPS) is 35.6.